The summed E-state index contributed by atoms with van der Waals surface area (Å²) in [7, 11) is 0. The number of cyclic esters (lactones) is 1. The van der Waals surface area contributed by atoms with E-state index in [-0.39, 0.29) is 0 Å². The second-order valence-corrected chi connectivity index (χ2v) is 4.59. The molecule has 1 aromatic carbocycles. The van der Waals surface area contributed by atoms with Crippen LogP contribution in [0.1, 0.15) is 18.6 Å². The molecule has 0 radical (unpaired) electrons. The van der Waals surface area contributed by atoms with E-state index in [2.05, 4.69) is 5.32 Å². The first-order valence-corrected chi connectivity index (χ1v) is 6.04. The highest BCUT2D eigenvalue weighted by Gasteiger charge is 2.40. The van der Waals surface area contributed by atoms with Crippen molar-refractivity contribution in [2.75, 3.05) is 0 Å². The smallest absolute Gasteiger partial charge is 0.408 e. The van der Waals surface area contributed by atoms with Crippen molar-refractivity contribution in [2.45, 2.75) is 25.2 Å². The van der Waals surface area contributed by atoms with Gasteiger partial charge in [0.1, 0.15) is 0 Å². The lowest BCUT2D eigenvalue weighted by molar-refractivity contribution is -0.0463. The van der Waals surface area contributed by atoms with E-state index in [1.54, 1.807) is 31.2 Å². The number of rotatable bonds is 2. The number of primary amides is 1. The van der Waals surface area contributed by atoms with Crippen LogP contribution in [0.3, 0.4) is 0 Å². The molecule has 102 valence electrons. The van der Waals surface area contributed by atoms with Gasteiger partial charge in [-0.1, -0.05) is 29.8 Å². The van der Waals surface area contributed by atoms with Crippen LogP contribution in [0.25, 0.3) is 0 Å². The Hall–Kier alpha value is -1.95. The van der Waals surface area contributed by atoms with Crippen LogP contribution in [0, 0.1) is 0 Å². The Labute approximate surface area is 114 Å². The first-order chi connectivity index (χ1) is 8.99. The van der Waals surface area contributed by atoms with Crippen LogP contribution in [-0.2, 0) is 9.47 Å². The zero-order chi connectivity index (χ0) is 14.0. The van der Waals surface area contributed by atoms with E-state index in [0.29, 0.717) is 10.6 Å². The zero-order valence-electron chi connectivity index (χ0n) is 10.1. The fraction of sp³-hybridized carbons (Fsp3) is 0.333. The summed E-state index contributed by atoms with van der Waals surface area (Å²) < 4.78 is 10.2. The van der Waals surface area contributed by atoms with Crippen molar-refractivity contribution in [3.05, 3.63) is 34.9 Å². The van der Waals surface area contributed by atoms with E-state index in [1.165, 1.54) is 0 Å². The Morgan fingerprint density at radius 1 is 1.47 bits per heavy atom. The fourth-order valence-electron chi connectivity index (χ4n) is 1.99. The average Bonchev–Trinajstić information content (AvgIpc) is 2.33. The van der Waals surface area contributed by atoms with Gasteiger partial charge in [0.2, 0.25) is 0 Å². The van der Waals surface area contributed by atoms with Crippen LogP contribution in [0.4, 0.5) is 9.59 Å². The molecule has 3 atom stereocenters. The molecular formula is C12H13ClN2O4. The summed E-state index contributed by atoms with van der Waals surface area (Å²) >= 11 is 6.07. The highest BCUT2D eigenvalue weighted by Crippen LogP contribution is 2.33. The Kier molecular flexibility index (Phi) is 3.80. The van der Waals surface area contributed by atoms with Crippen LogP contribution in [-0.4, -0.2) is 24.3 Å². The molecule has 1 fully saturated rings. The molecule has 19 heavy (non-hydrogen) atoms. The first kappa shape index (κ1) is 13.5. The van der Waals surface area contributed by atoms with Gasteiger partial charge in [0.25, 0.3) is 0 Å². The molecule has 0 saturated carbocycles. The number of ether oxygens (including phenoxy) is 2. The third-order valence-corrected chi connectivity index (χ3v) is 3.18. The van der Waals surface area contributed by atoms with Crippen molar-refractivity contribution in [1.82, 2.24) is 5.32 Å². The number of amides is 2. The van der Waals surface area contributed by atoms with Crippen molar-refractivity contribution >= 4 is 23.8 Å². The van der Waals surface area contributed by atoms with Crippen molar-refractivity contribution in [1.29, 1.82) is 0 Å². The van der Waals surface area contributed by atoms with Gasteiger partial charge in [-0.2, -0.15) is 0 Å². The topological polar surface area (TPSA) is 90.7 Å². The van der Waals surface area contributed by atoms with Gasteiger partial charge < -0.3 is 20.5 Å². The number of alkyl carbamates (subject to hydrolysis) is 1. The van der Waals surface area contributed by atoms with Crippen LogP contribution >= 0.6 is 11.6 Å². The maximum absolute atomic E-state index is 11.5. The Morgan fingerprint density at radius 3 is 2.79 bits per heavy atom. The number of benzene rings is 1. The molecule has 0 aliphatic carbocycles. The molecule has 1 aliphatic heterocycles. The minimum absolute atomic E-state index is 0.424. The molecule has 2 rings (SSSR count). The molecular weight excluding hydrogens is 272 g/mol. The van der Waals surface area contributed by atoms with Crippen molar-refractivity contribution < 1.29 is 19.1 Å². The molecule has 1 saturated heterocycles. The Bertz CT molecular complexity index is 508. The van der Waals surface area contributed by atoms with Gasteiger partial charge in [-0.15, -0.1) is 0 Å². The highest BCUT2D eigenvalue weighted by molar-refractivity contribution is 6.31. The van der Waals surface area contributed by atoms with E-state index < -0.39 is 30.4 Å². The highest BCUT2D eigenvalue weighted by atomic mass is 35.5. The van der Waals surface area contributed by atoms with Gasteiger partial charge in [0.15, 0.2) is 12.2 Å². The monoisotopic (exact) mass is 284 g/mol. The maximum atomic E-state index is 11.5. The largest absolute Gasteiger partial charge is 0.440 e. The lowest BCUT2D eigenvalue weighted by Crippen LogP contribution is -2.53. The summed E-state index contributed by atoms with van der Waals surface area (Å²) in [6.07, 6.45) is -3.06. The summed E-state index contributed by atoms with van der Waals surface area (Å²) in [4.78, 5) is 22.4. The number of nitrogens with one attached hydrogen (secondary N) is 1. The molecule has 0 spiro atoms. The van der Waals surface area contributed by atoms with Gasteiger partial charge in [-0.3, -0.25) is 0 Å². The summed E-state index contributed by atoms with van der Waals surface area (Å²) in [6.45, 7) is 1.69. The minimum Gasteiger partial charge on any atom is -0.440 e. The van der Waals surface area contributed by atoms with Gasteiger partial charge in [-0.05, 0) is 13.0 Å². The number of hydrogen-bond acceptors (Lipinski definition) is 4. The normalized spacial score (nSPS) is 26.2. The fourth-order valence-corrected chi connectivity index (χ4v) is 2.23. The second-order valence-electron chi connectivity index (χ2n) is 4.18. The molecule has 3 unspecified atom stereocenters. The van der Waals surface area contributed by atoms with Crippen LogP contribution in [0.5, 0.6) is 0 Å². The van der Waals surface area contributed by atoms with Gasteiger partial charge in [0, 0.05) is 10.6 Å². The average molecular weight is 285 g/mol. The zero-order valence-corrected chi connectivity index (χ0v) is 10.9. The predicted molar refractivity (Wildman–Crippen MR) is 67.7 cm³/mol. The maximum Gasteiger partial charge on any atom is 0.408 e. The van der Waals surface area contributed by atoms with Gasteiger partial charge in [0.05, 0.1) is 6.04 Å². The summed E-state index contributed by atoms with van der Waals surface area (Å²) in [6, 6.07) is 6.44. The summed E-state index contributed by atoms with van der Waals surface area (Å²) in [5.74, 6) is 0. The van der Waals surface area contributed by atoms with E-state index >= 15 is 0 Å². The van der Waals surface area contributed by atoms with Crippen LogP contribution < -0.4 is 11.1 Å². The van der Waals surface area contributed by atoms with E-state index in [9.17, 15) is 9.59 Å². The molecule has 3 N–H and O–H groups in total. The minimum atomic E-state index is -0.936. The second kappa shape index (κ2) is 5.36. The number of carbonyl (C=O) groups excluding carboxylic acids is 2. The number of nitrogens with two attached hydrogens (primary N) is 1. The third kappa shape index (κ3) is 2.90. The number of hydrogen-bond donors (Lipinski definition) is 2. The number of carbonyl (C=O) groups is 2. The molecule has 1 aliphatic rings. The van der Waals surface area contributed by atoms with Crippen LogP contribution in [0.2, 0.25) is 5.02 Å². The standard InChI is InChI=1S/C12H13ClN2O4/c1-6-9(18-11(14)16)10(19-12(17)15-6)7-4-2-3-5-8(7)13/h2-6,9-10H,1H3,(H2,14,16)(H,15,17). The van der Waals surface area contributed by atoms with E-state index in [1.807, 2.05) is 0 Å². The Morgan fingerprint density at radius 2 is 2.16 bits per heavy atom. The molecule has 0 aromatic heterocycles. The molecule has 2 amide bonds. The number of halogens is 1. The molecule has 7 heteroatoms. The quantitative estimate of drug-likeness (QED) is 0.869. The van der Waals surface area contributed by atoms with Crippen LogP contribution in [0.15, 0.2) is 24.3 Å². The molecule has 1 heterocycles. The first-order valence-electron chi connectivity index (χ1n) is 5.66. The lowest BCUT2D eigenvalue weighted by atomic mass is 9.98. The van der Waals surface area contributed by atoms with Crippen molar-refractivity contribution in [3.8, 4) is 0 Å². The summed E-state index contributed by atoms with van der Waals surface area (Å²) in [5.41, 5.74) is 5.60. The van der Waals surface area contributed by atoms with Gasteiger partial charge >= 0.3 is 12.2 Å². The summed E-state index contributed by atoms with van der Waals surface area (Å²) in [5, 5.41) is 2.94. The van der Waals surface area contributed by atoms with E-state index in [4.69, 9.17) is 26.8 Å². The molecule has 0 bridgehead atoms. The molecule has 1 aromatic rings. The third-order valence-electron chi connectivity index (χ3n) is 2.83. The Balaban J connectivity index is 2.35. The predicted octanol–water partition coefficient (Wildman–Crippen LogP) is 1.97. The SMILES string of the molecule is CC1NC(=O)OC(c2ccccc2Cl)C1OC(N)=O. The lowest BCUT2D eigenvalue weighted by Gasteiger charge is -2.35. The van der Waals surface area contributed by atoms with E-state index in [0.717, 1.165) is 0 Å². The van der Waals surface area contributed by atoms with Crippen molar-refractivity contribution in [3.63, 3.8) is 0 Å². The van der Waals surface area contributed by atoms with Gasteiger partial charge in [-0.25, -0.2) is 9.59 Å². The molecule has 6 nitrogen and oxygen atoms in total. The van der Waals surface area contributed by atoms with Crippen molar-refractivity contribution in [2.24, 2.45) is 5.73 Å².